The summed E-state index contributed by atoms with van der Waals surface area (Å²) in [6, 6.07) is 3.81. The van der Waals surface area contributed by atoms with Crippen LogP contribution in [-0.2, 0) is 11.3 Å². The van der Waals surface area contributed by atoms with E-state index in [9.17, 15) is 13.6 Å². The smallest absolute Gasteiger partial charge is 0.226 e. The van der Waals surface area contributed by atoms with Gasteiger partial charge in [-0.05, 0) is 38.3 Å². The van der Waals surface area contributed by atoms with Crippen molar-refractivity contribution in [2.45, 2.75) is 45.2 Å². The Kier molecular flexibility index (Phi) is 5.28. The van der Waals surface area contributed by atoms with Gasteiger partial charge in [-0.15, -0.1) is 0 Å². The second-order valence-electron chi connectivity index (χ2n) is 5.68. The first-order valence-electron chi connectivity index (χ1n) is 7.50. The number of nitrogens with two attached hydrogens (primary N) is 1. The molecule has 1 saturated carbocycles. The fraction of sp³-hybridized carbons (Fsp3) is 0.562. The van der Waals surface area contributed by atoms with E-state index in [0.717, 1.165) is 19.3 Å². The predicted molar refractivity (Wildman–Crippen MR) is 77.4 cm³/mol. The Balaban J connectivity index is 2.10. The third kappa shape index (κ3) is 3.79. The van der Waals surface area contributed by atoms with Crippen molar-refractivity contribution in [3.8, 4) is 0 Å². The molecule has 2 rings (SSSR count). The van der Waals surface area contributed by atoms with Crippen LogP contribution in [0.25, 0.3) is 0 Å². The number of rotatable bonds is 4. The Morgan fingerprint density at radius 3 is 2.57 bits per heavy atom. The predicted octanol–water partition coefficient (Wildman–Crippen LogP) is 2.83. The number of hydrogen-bond acceptors (Lipinski definition) is 2. The van der Waals surface area contributed by atoms with Gasteiger partial charge in [-0.25, -0.2) is 8.78 Å². The Morgan fingerprint density at radius 1 is 1.33 bits per heavy atom. The van der Waals surface area contributed by atoms with Gasteiger partial charge in [0.1, 0.15) is 11.6 Å². The standard InChI is InChI=1S/C16H22F2N2O/c1-2-20(10-13-14(17)7-4-8-15(13)18)16(21)11-5-3-6-12(19)9-11/h4,7-8,11-12H,2-3,5-6,9-10,19H2,1H3. The van der Waals surface area contributed by atoms with Gasteiger partial charge >= 0.3 is 0 Å². The molecular weight excluding hydrogens is 274 g/mol. The normalized spacial score (nSPS) is 22.1. The number of carbonyl (C=O) groups excluding carboxylic acids is 1. The highest BCUT2D eigenvalue weighted by Crippen LogP contribution is 2.26. The molecule has 21 heavy (non-hydrogen) atoms. The maximum Gasteiger partial charge on any atom is 0.226 e. The molecule has 1 aliphatic rings. The van der Waals surface area contributed by atoms with Crippen LogP contribution in [0, 0.1) is 17.6 Å². The second-order valence-corrected chi connectivity index (χ2v) is 5.68. The van der Waals surface area contributed by atoms with Gasteiger partial charge in [-0.1, -0.05) is 12.5 Å². The number of carbonyl (C=O) groups is 1. The molecule has 1 amide bonds. The summed E-state index contributed by atoms with van der Waals surface area (Å²) < 4.78 is 27.4. The second kappa shape index (κ2) is 6.98. The first kappa shape index (κ1) is 15.9. The van der Waals surface area contributed by atoms with Gasteiger partial charge in [0, 0.05) is 24.1 Å². The molecule has 0 saturated heterocycles. The Bertz CT molecular complexity index is 487. The fourth-order valence-corrected chi connectivity index (χ4v) is 2.93. The lowest BCUT2D eigenvalue weighted by Gasteiger charge is -2.31. The fourth-order valence-electron chi connectivity index (χ4n) is 2.93. The SMILES string of the molecule is CCN(Cc1c(F)cccc1F)C(=O)C1CCCC(N)C1. The largest absolute Gasteiger partial charge is 0.338 e. The molecular formula is C16H22F2N2O. The minimum absolute atomic E-state index is 0.0282. The molecule has 1 aromatic carbocycles. The number of amides is 1. The third-order valence-corrected chi connectivity index (χ3v) is 4.17. The maximum atomic E-state index is 13.7. The molecule has 5 heteroatoms. The van der Waals surface area contributed by atoms with Crippen molar-refractivity contribution in [3.05, 3.63) is 35.4 Å². The highest BCUT2D eigenvalue weighted by atomic mass is 19.1. The van der Waals surface area contributed by atoms with E-state index in [1.165, 1.54) is 23.1 Å². The zero-order chi connectivity index (χ0) is 15.4. The van der Waals surface area contributed by atoms with Gasteiger partial charge in [-0.3, -0.25) is 4.79 Å². The lowest BCUT2D eigenvalue weighted by molar-refractivity contribution is -0.137. The third-order valence-electron chi connectivity index (χ3n) is 4.17. The molecule has 0 spiro atoms. The summed E-state index contributed by atoms with van der Waals surface area (Å²) >= 11 is 0. The highest BCUT2D eigenvalue weighted by molar-refractivity contribution is 5.79. The Hall–Kier alpha value is -1.49. The van der Waals surface area contributed by atoms with Gasteiger partial charge in [0.25, 0.3) is 0 Å². The van der Waals surface area contributed by atoms with Crippen LogP contribution in [0.4, 0.5) is 8.78 Å². The van der Waals surface area contributed by atoms with Gasteiger partial charge in [0.15, 0.2) is 0 Å². The average Bonchev–Trinajstić information content (AvgIpc) is 2.46. The van der Waals surface area contributed by atoms with Crippen molar-refractivity contribution in [2.75, 3.05) is 6.54 Å². The van der Waals surface area contributed by atoms with E-state index in [2.05, 4.69) is 0 Å². The van der Waals surface area contributed by atoms with Gasteiger partial charge in [0.05, 0.1) is 6.54 Å². The van der Waals surface area contributed by atoms with Crippen LogP contribution in [0.3, 0.4) is 0 Å². The summed E-state index contributed by atoms with van der Waals surface area (Å²) in [5.41, 5.74) is 5.87. The van der Waals surface area contributed by atoms with E-state index in [1.54, 1.807) is 0 Å². The number of benzene rings is 1. The van der Waals surface area contributed by atoms with Crippen molar-refractivity contribution in [1.82, 2.24) is 4.90 Å². The number of nitrogens with zero attached hydrogens (tertiary/aromatic N) is 1. The van der Waals surface area contributed by atoms with Crippen LogP contribution in [0.1, 0.15) is 38.2 Å². The molecule has 3 nitrogen and oxygen atoms in total. The molecule has 0 bridgehead atoms. The Morgan fingerprint density at radius 2 is 2.00 bits per heavy atom. The van der Waals surface area contributed by atoms with Crippen LogP contribution >= 0.6 is 0 Å². The van der Waals surface area contributed by atoms with Crippen LogP contribution in [0.15, 0.2) is 18.2 Å². The molecule has 2 N–H and O–H groups in total. The van der Waals surface area contributed by atoms with E-state index >= 15 is 0 Å². The van der Waals surface area contributed by atoms with Gasteiger partial charge in [0.2, 0.25) is 5.91 Å². The molecule has 1 aliphatic carbocycles. The van der Waals surface area contributed by atoms with E-state index in [4.69, 9.17) is 5.73 Å². The molecule has 2 unspecified atom stereocenters. The maximum absolute atomic E-state index is 13.7. The van der Waals surface area contributed by atoms with Crippen molar-refractivity contribution in [1.29, 1.82) is 0 Å². The molecule has 2 atom stereocenters. The van der Waals surface area contributed by atoms with E-state index in [-0.39, 0.29) is 30.0 Å². The van der Waals surface area contributed by atoms with E-state index in [0.29, 0.717) is 13.0 Å². The molecule has 1 aromatic rings. The molecule has 0 heterocycles. The van der Waals surface area contributed by atoms with Crippen molar-refractivity contribution in [3.63, 3.8) is 0 Å². The minimum Gasteiger partial charge on any atom is -0.338 e. The quantitative estimate of drug-likeness (QED) is 0.928. The Labute approximate surface area is 124 Å². The molecule has 0 aromatic heterocycles. The topological polar surface area (TPSA) is 46.3 Å². The highest BCUT2D eigenvalue weighted by Gasteiger charge is 2.29. The summed E-state index contributed by atoms with van der Waals surface area (Å²) in [6.07, 6.45) is 3.35. The lowest BCUT2D eigenvalue weighted by Crippen LogP contribution is -2.40. The van der Waals surface area contributed by atoms with Crippen molar-refractivity contribution < 1.29 is 13.6 Å². The summed E-state index contributed by atoms with van der Waals surface area (Å²) in [4.78, 5) is 14.0. The molecule has 116 valence electrons. The molecule has 0 radical (unpaired) electrons. The summed E-state index contributed by atoms with van der Waals surface area (Å²) in [5.74, 6) is -1.39. The van der Waals surface area contributed by atoms with Crippen molar-refractivity contribution in [2.24, 2.45) is 11.7 Å². The lowest BCUT2D eigenvalue weighted by atomic mass is 9.85. The van der Waals surface area contributed by atoms with Gasteiger partial charge < -0.3 is 10.6 Å². The monoisotopic (exact) mass is 296 g/mol. The summed E-state index contributed by atoms with van der Waals surface area (Å²) in [7, 11) is 0. The van der Waals surface area contributed by atoms with Crippen LogP contribution in [0.5, 0.6) is 0 Å². The zero-order valence-electron chi connectivity index (χ0n) is 12.3. The van der Waals surface area contributed by atoms with E-state index < -0.39 is 11.6 Å². The number of halogens is 2. The molecule has 1 fully saturated rings. The molecule has 0 aliphatic heterocycles. The summed E-state index contributed by atoms with van der Waals surface area (Å²) in [5, 5.41) is 0. The zero-order valence-corrected chi connectivity index (χ0v) is 12.3. The minimum atomic E-state index is -0.610. The van der Waals surface area contributed by atoms with E-state index in [1.807, 2.05) is 6.92 Å². The van der Waals surface area contributed by atoms with Gasteiger partial charge in [-0.2, -0.15) is 0 Å². The summed E-state index contributed by atoms with van der Waals surface area (Å²) in [6.45, 7) is 2.22. The van der Waals surface area contributed by atoms with Crippen molar-refractivity contribution >= 4 is 5.91 Å². The van der Waals surface area contributed by atoms with Crippen LogP contribution < -0.4 is 5.73 Å². The first-order valence-corrected chi connectivity index (χ1v) is 7.50. The van der Waals surface area contributed by atoms with Crippen LogP contribution in [-0.4, -0.2) is 23.4 Å². The number of hydrogen-bond donors (Lipinski definition) is 1. The van der Waals surface area contributed by atoms with Crippen LogP contribution in [0.2, 0.25) is 0 Å². The average molecular weight is 296 g/mol. The first-order chi connectivity index (χ1) is 10.0.